The highest BCUT2D eigenvalue weighted by molar-refractivity contribution is 6.31. The van der Waals surface area contributed by atoms with Crippen LogP contribution in [-0.2, 0) is 0 Å². The van der Waals surface area contributed by atoms with E-state index in [9.17, 15) is 0 Å². The van der Waals surface area contributed by atoms with E-state index in [0.29, 0.717) is 11.2 Å². The molecule has 0 unspecified atom stereocenters. The minimum Gasteiger partial charge on any atom is -0.354 e. The molecule has 1 aliphatic rings. The summed E-state index contributed by atoms with van der Waals surface area (Å²) < 4.78 is 0. The van der Waals surface area contributed by atoms with Crippen LogP contribution in [0.3, 0.4) is 0 Å². The van der Waals surface area contributed by atoms with E-state index in [2.05, 4.69) is 21.9 Å². The Labute approximate surface area is 95.5 Å². The van der Waals surface area contributed by atoms with Gasteiger partial charge in [-0.2, -0.15) is 0 Å². The van der Waals surface area contributed by atoms with Crippen molar-refractivity contribution < 1.29 is 0 Å². The molecule has 0 radical (unpaired) electrons. The third kappa shape index (κ3) is 1.93. The van der Waals surface area contributed by atoms with Crippen molar-refractivity contribution in [2.24, 2.45) is 0 Å². The van der Waals surface area contributed by atoms with Crippen LogP contribution in [0.2, 0.25) is 5.15 Å². The molecule has 1 aromatic rings. The molecule has 3 nitrogen and oxygen atoms in total. The second kappa shape index (κ2) is 3.97. The van der Waals surface area contributed by atoms with E-state index in [-0.39, 0.29) is 0 Å². The van der Waals surface area contributed by atoms with Crippen LogP contribution in [-0.4, -0.2) is 23.1 Å². The highest BCUT2D eigenvalue weighted by Gasteiger charge is 2.25. The van der Waals surface area contributed by atoms with Gasteiger partial charge in [0.1, 0.15) is 0 Å². The summed E-state index contributed by atoms with van der Waals surface area (Å²) >= 11 is 6.11. The van der Waals surface area contributed by atoms with E-state index in [1.807, 2.05) is 13.8 Å². The first-order valence-electron chi connectivity index (χ1n) is 5.33. The zero-order valence-electron chi connectivity index (χ0n) is 9.42. The third-order valence-corrected chi connectivity index (χ3v) is 3.46. The van der Waals surface area contributed by atoms with Gasteiger partial charge in [-0.05, 0) is 33.1 Å². The first kappa shape index (κ1) is 10.7. The van der Waals surface area contributed by atoms with Gasteiger partial charge in [-0.15, -0.1) is 0 Å². The normalized spacial score (nSPS) is 16.3. The molecule has 15 heavy (non-hydrogen) atoms. The van der Waals surface area contributed by atoms with Crippen LogP contribution in [0.4, 0.5) is 5.82 Å². The Balaban J connectivity index is 2.30. The van der Waals surface area contributed by atoms with Gasteiger partial charge < -0.3 is 4.90 Å². The van der Waals surface area contributed by atoms with Crippen molar-refractivity contribution >= 4 is 17.4 Å². The van der Waals surface area contributed by atoms with Crippen LogP contribution in [0, 0.1) is 13.8 Å². The highest BCUT2D eigenvalue weighted by Crippen LogP contribution is 2.30. The molecule has 1 fully saturated rings. The lowest BCUT2D eigenvalue weighted by atomic mass is 9.92. The molecule has 0 spiro atoms. The molecule has 2 rings (SSSR count). The largest absolute Gasteiger partial charge is 0.354 e. The van der Waals surface area contributed by atoms with Crippen LogP contribution in [0.15, 0.2) is 0 Å². The minimum atomic E-state index is 0.521. The second-order valence-corrected chi connectivity index (χ2v) is 4.56. The summed E-state index contributed by atoms with van der Waals surface area (Å²) in [6.45, 7) is 3.90. The van der Waals surface area contributed by atoms with Gasteiger partial charge in [-0.1, -0.05) is 11.6 Å². The number of rotatable bonds is 2. The Morgan fingerprint density at radius 1 is 1.20 bits per heavy atom. The van der Waals surface area contributed by atoms with Gasteiger partial charge in [0.15, 0.2) is 11.0 Å². The Morgan fingerprint density at radius 3 is 2.33 bits per heavy atom. The fourth-order valence-electron chi connectivity index (χ4n) is 1.74. The van der Waals surface area contributed by atoms with Crippen LogP contribution >= 0.6 is 11.6 Å². The van der Waals surface area contributed by atoms with E-state index in [4.69, 9.17) is 11.6 Å². The predicted molar refractivity (Wildman–Crippen MR) is 62.6 cm³/mol. The fourth-order valence-corrected chi connectivity index (χ4v) is 2.04. The Bertz CT molecular complexity index is 374. The molecular weight excluding hydrogens is 210 g/mol. The quantitative estimate of drug-likeness (QED) is 0.775. The molecule has 0 N–H and O–H groups in total. The SMILES string of the molecule is Cc1nc(Cl)c(N(C)C2CCC2)nc1C. The van der Waals surface area contributed by atoms with Crippen LogP contribution in [0.5, 0.6) is 0 Å². The van der Waals surface area contributed by atoms with Crippen molar-refractivity contribution in [3.05, 3.63) is 16.5 Å². The summed E-state index contributed by atoms with van der Waals surface area (Å²) in [7, 11) is 2.05. The molecule has 1 aromatic heterocycles. The van der Waals surface area contributed by atoms with Gasteiger partial charge in [0, 0.05) is 13.1 Å². The molecule has 1 heterocycles. The van der Waals surface area contributed by atoms with E-state index < -0.39 is 0 Å². The number of halogens is 1. The second-order valence-electron chi connectivity index (χ2n) is 4.20. The molecule has 1 aliphatic carbocycles. The number of aryl methyl sites for hydroxylation is 2. The van der Waals surface area contributed by atoms with Crippen LogP contribution < -0.4 is 4.90 Å². The zero-order chi connectivity index (χ0) is 11.0. The van der Waals surface area contributed by atoms with Crippen molar-refractivity contribution in [2.75, 3.05) is 11.9 Å². The minimum absolute atomic E-state index is 0.521. The van der Waals surface area contributed by atoms with Gasteiger partial charge in [0.25, 0.3) is 0 Å². The van der Waals surface area contributed by atoms with E-state index in [1.165, 1.54) is 19.3 Å². The van der Waals surface area contributed by atoms with Crippen LogP contribution in [0.1, 0.15) is 30.7 Å². The molecule has 82 valence electrons. The van der Waals surface area contributed by atoms with Crippen molar-refractivity contribution in [1.29, 1.82) is 0 Å². The van der Waals surface area contributed by atoms with Crippen molar-refractivity contribution in [2.45, 2.75) is 39.2 Å². The monoisotopic (exact) mass is 225 g/mol. The number of hydrogen-bond donors (Lipinski definition) is 0. The van der Waals surface area contributed by atoms with Crippen molar-refractivity contribution in [3.63, 3.8) is 0 Å². The average Bonchev–Trinajstić information content (AvgIpc) is 2.08. The van der Waals surface area contributed by atoms with Crippen molar-refractivity contribution in [1.82, 2.24) is 9.97 Å². The summed E-state index contributed by atoms with van der Waals surface area (Å²) in [6.07, 6.45) is 3.79. The van der Waals surface area contributed by atoms with E-state index in [1.54, 1.807) is 0 Å². The Kier molecular flexibility index (Phi) is 2.83. The van der Waals surface area contributed by atoms with E-state index in [0.717, 1.165) is 17.2 Å². The van der Waals surface area contributed by atoms with Crippen molar-refractivity contribution in [3.8, 4) is 0 Å². The zero-order valence-corrected chi connectivity index (χ0v) is 10.2. The van der Waals surface area contributed by atoms with Gasteiger partial charge in [-0.25, -0.2) is 9.97 Å². The summed E-state index contributed by atoms with van der Waals surface area (Å²) in [5.41, 5.74) is 1.87. The maximum atomic E-state index is 6.11. The predicted octanol–water partition coefficient (Wildman–Crippen LogP) is 2.74. The van der Waals surface area contributed by atoms with Gasteiger partial charge in [-0.3, -0.25) is 0 Å². The lowest BCUT2D eigenvalue weighted by Gasteiger charge is -2.35. The Hall–Kier alpha value is -0.830. The molecular formula is C11H16ClN3. The first-order valence-corrected chi connectivity index (χ1v) is 5.71. The lowest BCUT2D eigenvalue weighted by molar-refractivity contribution is 0.399. The Morgan fingerprint density at radius 2 is 1.80 bits per heavy atom. The number of anilines is 1. The van der Waals surface area contributed by atoms with Gasteiger partial charge in [0.05, 0.1) is 11.4 Å². The number of hydrogen-bond acceptors (Lipinski definition) is 3. The summed E-state index contributed by atoms with van der Waals surface area (Å²) in [5, 5.41) is 0.521. The molecule has 0 atom stereocenters. The van der Waals surface area contributed by atoms with Gasteiger partial charge >= 0.3 is 0 Å². The molecule has 0 aromatic carbocycles. The molecule has 0 bridgehead atoms. The lowest BCUT2D eigenvalue weighted by Crippen LogP contribution is -2.38. The molecule has 0 aliphatic heterocycles. The maximum Gasteiger partial charge on any atom is 0.171 e. The summed E-state index contributed by atoms with van der Waals surface area (Å²) in [5.74, 6) is 0.824. The highest BCUT2D eigenvalue weighted by atomic mass is 35.5. The fraction of sp³-hybridized carbons (Fsp3) is 0.636. The smallest absolute Gasteiger partial charge is 0.171 e. The molecule has 0 saturated heterocycles. The van der Waals surface area contributed by atoms with Crippen LogP contribution in [0.25, 0.3) is 0 Å². The first-order chi connectivity index (χ1) is 7.09. The number of aromatic nitrogens is 2. The summed E-state index contributed by atoms with van der Waals surface area (Å²) in [6, 6.07) is 0.596. The topological polar surface area (TPSA) is 29.0 Å². The molecule has 1 saturated carbocycles. The molecule has 4 heteroatoms. The van der Waals surface area contributed by atoms with E-state index >= 15 is 0 Å². The standard InChI is InChI=1S/C11H16ClN3/c1-7-8(2)14-11(10(12)13-7)15(3)9-5-4-6-9/h9H,4-6H2,1-3H3. The molecule has 0 amide bonds. The third-order valence-electron chi connectivity index (χ3n) is 3.20. The summed E-state index contributed by atoms with van der Waals surface area (Å²) in [4.78, 5) is 11.0. The van der Waals surface area contributed by atoms with Gasteiger partial charge in [0.2, 0.25) is 0 Å². The number of nitrogens with zero attached hydrogens (tertiary/aromatic N) is 3. The maximum absolute atomic E-state index is 6.11. The average molecular weight is 226 g/mol.